The van der Waals surface area contributed by atoms with Gasteiger partial charge in [-0.1, -0.05) is 52.0 Å². The smallest absolute Gasteiger partial charge is 0.407 e. The molecule has 5 N–H and O–H groups in total. The number of carbonyl (C=O) groups excluding carboxylic acids is 4. The molecule has 18 heteroatoms. The Bertz CT molecular complexity index is 2120. The largest absolute Gasteiger partial charge is 0.487 e. The Morgan fingerprint density at radius 3 is 1.85 bits per heavy atom. The number of likely N-dealkylation sites (tertiary alicyclic amines) is 1. The maximum absolute atomic E-state index is 13.8. The molecule has 0 bridgehead atoms. The van der Waals surface area contributed by atoms with Gasteiger partial charge < -0.3 is 59.2 Å². The van der Waals surface area contributed by atoms with Crippen LogP contribution in [0.4, 0.5) is 9.59 Å². The summed E-state index contributed by atoms with van der Waals surface area (Å²) in [5, 5.41) is 8.20. The Morgan fingerprint density at radius 1 is 0.694 bits per heavy atom. The minimum absolute atomic E-state index is 0.163. The van der Waals surface area contributed by atoms with Gasteiger partial charge in [0.05, 0.1) is 63.3 Å². The monoisotopic (exact) mass is 860 g/mol. The lowest BCUT2D eigenvalue weighted by atomic mass is 9.98. The van der Waals surface area contributed by atoms with Crippen molar-refractivity contribution in [1.29, 1.82) is 0 Å². The van der Waals surface area contributed by atoms with E-state index in [0.29, 0.717) is 60.6 Å². The Morgan fingerprint density at radius 2 is 1.26 bits per heavy atom. The van der Waals surface area contributed by atoms with E-state index >= 15 is 0 Å². The number of hydrogen-bond donors (Lipinski definition) is 5. The molecular weight excluding hydrogens is 801 g/mol. The van der Waals surface area contributed by atoms with Crippen molar-refractivity contribution >= 4 is 24.0 Å². The highest BCUT2D eigenvalue weighted by atomic mass is 16.6. The molecule has 5 rings (SSSR count). The second-order valence-electron chi connectivity index (χ2n) is 15.6. The predicted molar refractivity (Wildman–Crippen MR) is 230 cm³/mol. The zero-order valence-electron chi connectivity index (χ0n) is 37.0. The van der Waals surface area contributed by atoms with Crippen LogP contribution in [0.2, 0.25) is 0 Å². The van der Waals surface area contributed by atoms with Gasteiger partial charge in [-0.3, -0.25) is 9.59 Å². The van der Waals surface area contributed by atoms with Gasteiger partial charge in [-0.05, 0) is 54.9 Å². The van der Waals surface area contributed by atoms with E-state index in [2.05, 4.69) is 35.6 Å². The lowest BCUT2D eigenvalue weighted by Crippen LogP contribution is -2.51. The first-order valence-electron chi connectivity index (χ1n) is 20.7. The molecule has 2 aromatic carbocycles. The first-order chi connectivity index (χ1) is 29.8. The van der Waals surface area contributed by atoms with E-state index in [4.69, 9.17) is 28.7 Å². The van der Waals surface area contributed by atoms with Crippen LogP contribution in [0.1, 0.15) is 71.2 Å². The van der Waals surface area contributed by atoms with Crippen LogP contribution >= 0.6 is 0 Å². The average molecular weight is 861 g/mol. The van der Waals surface area contributed by atoms with Crippen LogP contribution in [-0.2, 0) is 28.5 Å². The van der Waals surface area contributed by atoms with E-state index in [1.54, 1.807) is 31.5 Å². The van der Waals surface area contributed by atoms with Gasteiger partial charge in [0.2, 0.25) is 11.8 Å². The van der Waals surface area contributed by atoms with Crippen LogP contribution in [0.3, 0.4) is 0 Å². The highest BCUT2D eigenvalue weighted by Crippen LogP contribution is 2.45. The predicted octanol–water partition coefficient (Wildman–Crippen LogP) is 5.79. The fraction of sp³-hybridized carbons (Fsp3) is 0.500. The van der Waals surface area contributed by atoms with Crippen LogP contribution in [0, 0.1) is 11.8 Å². The second-order valence-corrected chi connectivity index (χ2v) is 15.6. The normalized spacial score (nSPS) is 15.2. The Hall–Kier alpha value is -6.14. The standard InChI is InChI=1S/C44H60N8O10/c1-25(2)35(50-43(55)59-8)41(53)47-27(5)39-45-23-32(48-39)29-14-12-28(13-15-29)30-16-17-31(38(62-22-20-58-7)37(30)61-21-19-57-6)33-24-46-40(49-33)34-11-10-18-52(34)42(54)36(26(3)4)51-44(56)60-9/h12-17,23-27,34-36H,10-11,18-22H2,1-9H3,(H,45,48)(H,46,49)(H,47,53)(H,50,55)(H,51,56). The van der Waals surface area contributed by atoms with E-state index in [1.165, 1.54) is 14.2 Å². The number of methoxy groups -OCH3 is 4. The number of benzene rings is 2. The van der Waals surface area contributed by atoms with Crippen molar-refractivity contribution in [2.45, 2.75) is 71.6 Å². The summed E-state index contributed by atoms with van der Waals surface area (Å²) in [6.07, 6.45) is 3.56. The maximum Gasteiger partial charge on any atom is 0.407 e. The first kappa shape index (κ1) is 46.9. The molecule has 0 aliphatic carbocycles. The fourth-order valence-electron chi connectivity index (χ4n) is 7.20. The van der Waals surface area contributed by atoms with Crippen molar-refractivity contribution in [3.63, 3.8) is 0 Å². The summed E-state index contributed by atoms with van der Waals surface area (Å²) in [5.74, 6) is 1.25. The molecule has 1 saturated heterocycles. The number of nitrogens with zero attached hydrogens (tertiary/aromatic N) is 3. The van der Waals surface area contributed by atoms with E-state index in [1.807, 2.05) is 71.0 Å². The van der Waals surface area contributed by atoms with Crippen molar-refractivity contribution in [2.24, 2.45) is 11.8 Å². The molecule has 4 amide bonds. The minimum Gasteiger partial charge on any atom is -0.487 e. The number of hydrogen-bond acceptors (Lipinski definition) is 12. The SMILES string of the molecule is COCCOc1c(-c2ccc(-c3cnc(C(C)NC(=O)C(NC(=O)OC)C(C)C)[nH]3)cc2)ccc(-c2cnc(C3CCCN3C(=O)C(NC(=O)OC)C(C)C)[nH]2)c1OCCOC. The number of rotatable bonds is 20. The quantitative estimate of drug-likeness (QED) is 0.0668. The third-order valence-electron chi connectivity index (χ3n) is 10.6. The third-order valence-corrected chi connectivity index (χ3v) is 10.6. The number of amides is 4. The number of carbonyl (C=O) groups is 4. The molecule has 3 heterocycles. The van der Waals surface area contributed by atoms with Gasteiger partial charge in [0.25, 0.3) is 0 Å². The van der Waals surface area contributed by atoms with Crippen LogP contribution in [0.5, 0.6) is 11.5 Å². The molecule has 4 atom stereocenters. The summed E-state index contributed by atoms with van der Waals surface area (Å²) in [4.78, 5) is 68.6. The molecule has 336 valence electrons. The Labute approximate surface area is 362 Å². The zero-order chi connectivity index (χ0) is 44.9. The molecule has 2 aromatic heterocycles. The van der Waals surface area contributed by atoms with Crippen molar-refractivity contribution in [3.05, 3.63) is 60.4 Å². The average Bonchev–Trinajstić information content (AvgIpc) is 4.07. The molecule has 4 unspecified atom stereocenters. The van der Waals surface area contributed by atoms with Crippen LogP contribution in [0.25, 0.3) is 33.6 Å². The molecule has 4 aromatic rings. The van der Waals surface area contributed by atoms with Gasteiger partial charge in [-0.25, -0.2) is 19.6 Å². The number of aromatic nitrogens is 4. The van der Waals surface area contributed by atoms with Gasteiger partial charge in [-0.2, -0.15) is 0 Å². The second kappa shape index (κ2) is 22.1. The number of nitrogens with one attached hydrogen (secondary N) is 5. The number of H-pyrrole nitrogens is 2. The van der Waals surface area contributed by atoms with Crippen molar-refractivity contribution in [3.8, 4) is 45.1 Å². The van der Waals surface area contributed by atoms with Gasteiger partial charge >= 0.3 is 12.2 Å². The lowest BCUT2D eigenvalue weighted by molar-refractivity contribution is -0.135. The lowest BCUT2D eigenvalue weighted by Gasteiger charge is -2.30. The molecule has 0 spiro atoms. The van der Waals surface area contributed by atoms with Crippen molar-refractivity contribution in [2.75, 3.05) is 61.4 Å². The van der Waals surface area contributed by atoms with E-state index in [9.17, 15) is 19.2 Å². The summed E-state index contributed by atoms with van der Waals surface area (Å²) < 4.78 is 33.0. The number of alkyl carbamates (subject to hydrolysis) is 2. The summed E-state index contributed by atoms with van der Waals surface area (Å²) in [6.45, 7) is 10.9. The number of imidazole rings is 2. The maximum atomic E-state index is 13.8. The molecule has 62 heavy (non-hydrogen) atoms. The molecule has 1 aliphatic rings. The van der Waals surface area contributed by atoms with Crippen LogP contribution < -0.4 is 25.4 Å². The van der Waals surface area contributed by atoms with Crippen LogP contribution in [-0.4, -0.2) is 122 Å². The summed E-state index contributed by atoms with van der Waals surface area (Å²) in [7, 11) is 5.73. The highest BCUT2D eigenvalue weighted by molar-refractivity contribution is 5.87. The van der Waals surface area contributed by atoms with Gasteiger partial charge in [0, 0.05) is 31.9 Å². The first-order valence-corrected chi connectivity index (χ1v) is 20.7. The molecular formula is C44H60N8O10. The summed E-state index contributed by atoms with van der Waals surface area (Å²) in [5.41, 5.74) is 4.59. The van der Waals surface area contributed by atoms with Gasteiger partial charge in [-0.15, -0.1) is 0 Å². The van der Waals surface area contributed by atoms with E-state index in [0.717, 1.165) is 28.8 Å². The molecule has 0 radical (unpaired) electrons. The zero-order valence-corrected chi connectivity index (χ0v) is 37.0. The molecule has 1 fully saturated rings. The number of aromatic amines is 2. The molecule has 0 saturated carbocycles. The minimum atomic E-state index is -0.783. The summed E-state index contributed by atoms with van der Waals surface area (Å²) >= 11 is 0. The van der Waals surface area contributed by atoms with E-state index < -0.39 is 30.3 Å². The Balaban J connectivity index is 1.43. The third kappa shape index (κ3) is 11.4. The molecule has 1 aliphatic heterocycles. The van der Waals surface area contributed by atoms with Crippen molar-refractivity contribution < 1.29 is 47.6 Å². The van der Waals surface area contributed by atoms with Crippen LogP contribution in [0.15, 0.2) is 48.8 Å². The number of ether oxygens (including phenoxy) is 6. The summed E-state index contributed by atoms with van der Waals surface area (Å²) in [6, 6.07) is 9.44. The topological polar surface area (TPSA) is 220 Å². The fourth-order valence-corrected chi connectivity index (χ4v) is 7.20. The molecule has 18 nitrogen and oxygen atoms in total. The Kier molecular flexibility index (Phi) is 16.7. The van der Waals surface area contributed by atoms with E-state index in [-0.39, 0.29) is 42.9 Å². The highest BCUT2D eigenvalue weighted by Gasteiger charge is 2.38. The van der Waals surface area contributed by atoms with Crippen molar-refractivity contribution in [1.82, 2.24) is 40.8 Å². The van der Waals surface area contributed by atoms with Gasteiger partial charge in [0.1, 0.15) is 36.9 Å². The van der Waals surface area contributed by atoms with Gasteiger partial charge in [0.15, 0.2) is 11.5 Å².